The topological polar surface area (TPSA) is 200 Å². The molecular weight excluding hydrogens is 628 g/mol. The maximum atomic E-state index is 14.4. The number of hydrogen-bond donors (Lipinski definition) is 1. The minimum atomic E-state index is -1.07. The molecule has 4 unspecified atom stereocenters. The zero-order valence-electron chi connectivity index (χ0n) is 26.5. The molecule has 1 fully saturated rings. The molecule has 1 aliphatic heterocycles. The highest BCUT2D eigenvalue weighted by Crippen LogP contribution is 2.58. The number of ketones is 2. The SMILES string of the molecule is COc1cc(O)cc(OC)c1C1C2=CCC3C(=O)N(c4cc([N+](=O)[O-])c(N(C)C)c([N+](=O)[O-])c4)C(=O)C3C2CC2=C1C(=O)C=C(C)C2=O. The summed E-state index contributed by atoms with van der Waals surface area (Å²) in [4.78, 5) is 80.0. The number of carbonyl (C=O) groups is 4. The fourth-order valence-electron chi connectivity index (χ4n) is 7.63. The van der Waals surface area contributed by atoms with Crippen molar-refractivity contribution in [3.05, 3.63) is 84.5 Å². The van der Waals surface area contributed by atoms with Crippen LogP contribution >= 0.6 is 0 Å². The first-order chi connectivity index (χ1) is 22.7. The average molecular weight is 659 g/mol. The van der Waals surface area contributed by atoms with Crippen LogP contribution in [0, 0.1) is 38.0 Å². The molecule has 15 heteroatoms. The van der Waals surface area contributed by atoms with Gasteiger partial charge in [0, 0.05) is 66.6 Å². The Kier molecular flexibility index (Phi) is 7.65. The van der Waals surface area contributed by atoms with E-state index in [0.717, 1.165) is 17.0 Å². The number of nitro benzene ring substituents is 2. The Morgan fingerprint density at radius 1 is 0.917 bits per heavy atom. The largest absolute Gasteiger partial charge is 0.508 e. The normalized spacial score (nSPS) is 23.2. The minimum Gasteiger partial charge on any atom is -0.508 e. The second kappa shape index (κ2) is 11.4. The number of aromatic hydroxyl groups is 1. The molecule has 0 spiro atoms. The van der Waals surface area contributed by atoms with Gasteiger partial charge in [-0.2, -0.15) is 0 Å². The molecule has 0 saturated carbocycles. The van der Waals surface area contributed by atoms with Crippen molar-refractivity contribution in [3.63, 3.8) is 0 Å². The summed E-state index contributed by atoms with van der Waals surface area (Å²) in [7, 11) is 5.54. The first kappa shape index (κ1) is 32.1. The fourth-order valence-corrected chi connectivity index (χ4v) is 7.63. The van der Waals surface area contributed by atoms with Crippen molar-refractivity contribution in [2.24, 2.45) is 17.8 Å². The van der Waals surface area contributed by atoms with Crippen LogP contribution in [0.5, 0.6) is 17.2 Å². The molecule has 6 rings (SSSR count). The van der Waals surface area contributed by atoms with E-state index < -0.39 is 68.3 Å². The summed E-state index contributed by atoms with van der Waals surface area (Å²) in [5, 5.41) is 34.4. The summed E-state index contributed by atoms with van der Waals surface area (Å²) in [5.41, 5.74) is -0.484. The molecule has 2 aromatic rings. The number of benzene rings is 2. The van der Waals surface area contributed by atoms with E-state index in [1.807, 2.05) is 0 Å². The number of ether oxygens (including phenoxy) is 2. The first-order valence-electron chi connectivity index (χ1n) is 14.9. The molecule has 48 heavy (non-hydrogen) atoms. The number of allylic oxidation sites excluding steroid dienone is 6. The zero-order valence-corrected chi connectivity index (χ0v) is 26.5. The summed E-state index contributed by atoms with van der Waals surface area (Å²) in [5.74, 6) is -5.85. The highest BCUT2D eigenvalue weighted by atomic mass is 16.6. The van der Waals surface area contributed by atoms with Crippen molar-refractivity contribution >= 4 is 46.1 Å². The molecule has 4 aliphatic rings. The number of Topliss-reactive ketones (excluding diaryl/α,β-unsaturated/α-hetero) is 1. The molecule has 3 aliphatic carbocycles. The van der Waals surface area contributed by atoms with Crippen LogP contribution < -0.4 is 19.3 Å². The zero-order chi connectivity index (χ0) is 34.9. The van der Waals surface area contributed by atoms with E-state index in [1.54, 1.807) is 6.08 Å². The molecular formula is C33H30N4O11. The lowest BCUT2D eigenvalue weighted by atomic mass is 9.59. The van der Waals surface area contributed by atoms with Gasteiger partial charge in [-0.3, -0.25) is 39.4 Å². The predicted octanol–water partition coefficient (Wildman–Crippen LogP) is 3.93. The Morgan fingerprint density at radius 2 is 1.50 bits per heavy atom. The van der Waals surface area contributed by atoms with Gasteiger partial charge in [-0.05, 0) is 31.8 Å². The van der Waals surface area contributed by atoms with Crippen LogP contribution in [0.3, 0.4) is 0 Å². The van der Waals surface area contributed by atoms with Crippen LogP contribution in [-0.2, 0) is 19.2 Å². The molecule has 0 radical (unpaired) electrons. The Bertz CT molecular complexity index is 1910. The third-order valence-electron chi connectivity index (χ3n) is 9.53. The van der Waals surface area contributed by atoms with Crippen LogP contribution in [0.2, 0.25) is 0 Å². The number of phenolic OH excluding ortho intramolecular Hbond substituents is 1. The molecule has 1 N–H and O–H groups in total. The van der Waals surface area contributed by atoms with Crippen LogP contribution in [0.4, 0.5) is 22.7 Å². The van der Waals surface area contributed by atoms with Crippen molar-refractivity contribution in [3.8, 4) is 17.2 Å². The minimum absolute atomic E-state index is 0.0381. The van der Waals surface area contributed by atoms with E-state index in [1.165, 1.54) is 58.3 Å². The van der Waals surface area contributed by atoms with Crippen LogP contribution in [-0.4, -0.2) is 66.6 Å². The van der Waals surface area contributed by atoms with E-state index in [4.69, 9.17) is 9.47 Å². The van der Waals surface area contributed by atoms with Crippen molar-refractivity contribution in [2.75, 3.05) is 38.1 Å². The van der Waals surface area contributed by atoms with Gasteiger partial charge in [-0.1, -0.05) is 11.6 Å². The van der Waals surface area contributed by atoms with E-state index in [9.17, 15) is 44.5 Å². The van der Waals surface area contributed by atoms with Crippen molar-refractivity contribution in [1.29, 1.82) is 0 Å². The number of fused-ring (bicyclic) bond motifs is 3. The third-order valence-corrected chi connectivity index (χ3v) is 9.53. The van der Waals surface area contributed by atoms with Gasteiger partial charge < -0.3 is 19.5 Å². The second-order valence-corrected chi connectivity index (χ2v) is 12.2. The Hall–Kier alpha value is -5.86. The fraction of sp³-hybridized carbons (Fsp3) is 0.333. The highest BCUT2D eigenvalue weighted by Gasteiger charge is 2.57. The Labute approximate surface area is 273 Å². The number of anilines is 2. The van der Waals surface area contributed by atoms with Crippen LogP contribution in [0.15, 0.2) is 58.7 Å². The lowest BCUT2D eigenvalue weighted by Gasteiger charge is -2.42. The van der Waals surface area contributed by atoms with Gasteiger partial charge in [-0.25, -0.2) is 4.90 Å². The number of hydrogen-bond acceptors (Lipinski definition) is 12. The lowest BCUT2D eigenvalue weighted by molar-refractivity contribution is -0.392. The van der Waals surface area contributed by atoms with E-state index in [-0.39, 0.29) is 58.2 Å². The number of rotatable bonds is 7. The van der Waals surface area contributed by atoms with Gasteiger partial charge >= 0.3 is 11.4 Å². The van der Waals surface area contributed by atoms with Gasteiger partial charge in [0.2, 0.25) is 11.8 Å². The lowest BCUT2D eigenvalue weighted by Crippen LogP contribution is -2.40. The number of imide groups is 1. The van der Waals surface area contributed by atoms with Crippen LogP contribution in [0.25, 0.3) is 0 Å². The monoisotopic (exact) mass is 658 g/mol. The van der Waals surface area contributed by atoms with E-state index >= 15 is 0 Å². The third kappa shape index (κ3) is 4.64. The Morgan fingerprint density at radius 3 is 2.02 bits per heavy atom. The molecule has 1 saturated heterocycles. The van der Waals surface area contributed by atoms with Crippen molar-refractivity contribution < 1.29 is 43.6 Å². The molecule has 15 nitrogen and oxygen atoms in total. The number of nitrogens with zero attached hydrogens (tertiary/aromatic N) is 4. The van der Waals surface area contributed by atoms with E-state index in [2.05, 4.69) is 0 Å². The summed E-state index contributed by atoms with van der Waals surface area (Å²) in [6.07, 6.45) is 2.99. The maximum Gasteiger partial charge on any atom is 0.301 e. The van der Waals surface area contributed by atoms with E-state index in [0.29, 0.717) is 11.1 Å². The summed E-state index contributed by atoms with van der Waals surface area (Å²) in [6, 6.07) is 4.62. The smallest absolute Gasteiger partial charge is 0.301 e. The van der Waals surface area contributed by atoms with Gasteiger partial charge in [0.15, 0.2) is 17.3 Å². The molecule has 2 aromatic carbocycles. The molecule has 1 heterocycles. The summed E-state index contributed by atoms with van der Waals surface area (Å²) < 4.78 is 11.2. The van der Waals surface area contributed by atoms with Crippen LogP contribution in [0.1, 0.15) is 31.2 Å². The summed E-state index contributed by atoms with van der Waals surface area (Å²) in [6.45, 7) is 1.51. The average Bonchev–Trinajstić information content (AvgIpc) is 3.30. The standard InChI is InChI=1S/C33H30N4O11/c1-14-8-23(39)27-20(31(14)40)13-19-17(28(27)29-24(47-4)11-16(38)12-25(29)48-5)6-7-18-26(19)33(42)35(32(18)41)15-9-21(36(43)44)30(34(2)3)22(10-15)37(45)46/h6,8-12,18-19,26,28,38H,7,13H2,1-5H3. The molecule has 0 bridgehead atoms. The van der Waals surface area contributed by atoms with Gasteiger partial charge in [-0.15, -0.1) is 0 Å². The highest BCUT2D eigenvalue weighted by molar-refractivity contribution is 6.25. The number of carbonyl (C=O) groups excluding carboxylic acids is 4. The number of amides is 2. The van der Waals surface area contributed by atoms with Crippen molar-refractivity contribution in [1.82, 2.24) is 0 Å². The quantitative estimate of drug-likeness (QED) is 0.148. The number of nitro groups is 2. The van der Waals surface area contributed by atoms with Gasteiger partial charge in [0.25, 0.3) is 0 Å². The summed E-state index contributed by atoms with van der Waals surface area (Å²) >= 11 is 0. The number of methoxy groups -OCH3 is 2. The molecule has 0 aromatic heterocycles. The molecule has 2 amide bonds. The molecule has 4 atom stereocenters. The number of phenols is 1. The maximum absolute atomic E-state index is 14.4. The van der Waals surface area contributed by atoms with Crippen molar-refractivity contribution in [2.45, 2.75) is 25.7 Å². The molecule has 248 valence electrons. The Balaban J connectivity index is 1.53. The van der Waals surface area contributed by atoms with Gasteiger partial charge in [0.1, 0.15) is 17.2 Å². The first-order valence-corrected chi connectivity index (χ1v) is 14.9. The van der Waals surface area contributed by atoms with Gasteiger partial charge in [0.05, 0.1) is 41.6 Å². The second-order valence-electron chi connectivity index (χ2n) is 12.2. The predicted molar refractivity (Wildman–Crippen MR) is 169 cm³/mol.